The van der Waals surface area contributed by atoms with Gasteiger partial charge in [-0.05, 0) is 17.8 Å². The molecule has 0 spiro atoms. The normalized spacial score (nSPS) is 15.7. The second-order valence-electron chi connectivity index (χ2n) is 7.32. The van der Waals surface area contributed by atoms with Crippen molar-refractivity contribution in [3.05, 3.63) is 0 Å². The first kappa shape index (κ1) is 21.5. The molecule has 23 heavy (non-hydrogen) atoms. The van der Waals surface area contributed by atoms with Crippen LogP contribution in [0.25, 0.3) is 0 Å². The van der Waals surface area contributed by atoms with Crippen molar-refractivity contribution < 1.29 is 24.3 Å². The molecule has 0 fully saturated rings. The zero-order valence-electron chi connectivity index (χ0n) is 14.9. The van der Waals surface area contributed by atoms with Gasteiger partial charge in [-0.1, -0.05) is 34.6 Å². The number of amides is 1. The highest BCUT2D eigenvalue weighted by Crippen LogP contribution is 2.31. The Morgan fingerprint density at radius 1 is 1.22 bits per heavy atom. The summed E-state index contributed by atoms with van der Waals surface area (Å²) in [6, 6.07) is 0. The minimum atomic E-state index is -1.62. The van der Waals surface area contributed by atoms with E-state index < -0.39 is 29.3 Å². The van der Waals surface area contributed by atoms with Crippen molar-refractivity contribution in [1.82, 2.24) is 5.32 Å². The van der Waals surface area contributed by atoms with E-state index in [-0.39, 0.29) is 24.0 Å². The van der Waals surface area contributed by atoms with Crippen LogP contribution in [0.15, 0.2) is 0 Å². The van der Waals surface area contributed by atoms with Crippen LogP contribution in [-0.4, -0.2) is 35.9 Å². The topological polar surface area (TPSA) is 119 Å². The van der Waals surface area contributed by atoms with Gasteiger partial charge < -0.3 is 15.3 Å². The third-order valence-electron chi connectivity index (χ3n) is 3.89. The van der Waals surface area contributed by atoms with Gasteiger partial charge in [-0.25, -0.2) is 4.79 Å². The highest BCUT2D eigenvalue weighted by Gasteiger charge is 2.38. The summed E-state index contributed by atoms with van der Waals surface area (Å²) in [5, 5.41) is 12.6. The summed E-state index contributed by atoms with van der Waals surface area (Å²) in [6.45, 7) is 9.34. The van der Waals surface area contributed by atoms with E-state index in [1.807, 2.05) is 34.6 Å². The number of ketones is 1. The molecule has 7 nitrogen and oxygen atoms in total. The quantitative estimate of drug-likeness (QED) is 0.566. The molecule has 0 aromatic rings. The van der Waals surface area contributed by atoms with E-state index in [9.17, 15) is 19.5 Å². The van der Waals surface area contributed by atoms with Crippen LogP contribution in [0, 0.1) is 23.2 Å². The first-order valence-electron chi connectivity index (χ1n) is 7.78. The van der Waals surface area contributed by atoms with E-state index in [1.54, 1.807) is 0 Å². The number of rotatable bonds is 8. The Morgan fingerprint density at radius 3 is 2.09 bits per heavy atom. The van der Waals surface area contributed by atoms with Crippen LogP contribution in [0.4, 0.5) is 0 Å². The molecule has 0 radical (unpaired) electrons. The minimum Gasteiger partial charge on any atom is -0.381 e. The van der Waals surface area contributed by atoms with Crippen LogP contribution < -0.4 is 11.2 Å². The lowest BCUT2D eigenvalue weighted by Crippen LogP contribution is -2.42. The van der Waals surface area contributed by atoms with Gasteiger partial charge in [0.2, 0.25) is 5.91 Å². The smallest absolute Gasteiger partial charge is 0.354 e. The van der Waals surface area contributed by atoms with Gasteiger partial charge in [-0.15, -0.1) is 0 Å². The Balaban J connectivity index is 5.35. The van der Waals surface area contributed by atoms with Crippen molar-refractivity contribution in [2.45, 2.75) is 53.6 Å². The molecule has 0 unspecified atom stereocenters. The van der Waals surface area contributed by atoms with Crippen molar-refractivity contribution >= 4 is 17.7 Å². The summed E-state index contributed by atoms with van der Waals surface area (Å²) in [5.41, 5.74) is -0.433. The Hall–Kier alpha value is -1.47. The predicted molar refractivity (Wildman–Crippen MR) is 85.9 cm³/mol. The Bertz CT molecular complexity index is 429. The van der Waals surface area contributed by atoms with Crippen molar-refractivity contribution in [3.63, 3.8) is 0 Å². The number of aliphatic hydroxyl groups is 1. The fourth-order valence-electron chi connectivity index (χ4n) is 2.50. The molecule has 1 amide bonds. The molecule has 3 atom stereocenters. The Kier molecular flexibility index (Phi) is 8.41. The maximum Gasteiger partial charge on any atom is 0.354 e. The lowest BCUT2D eigenvalue weighted by Gasteiger charge is -2.30. The van der Waals surface area contributed by atoms with E-state index >= 15 is 0 Å². The number of hydrogen-bond donors (Lipinski definition) is 3. The molecular weight excluding hydrogens is 300 g/mol. The van der Waals surface area contributed by atoms with Gasteiger partial charge in [-0.3, -0.25) is 9.59 Å². The van der Waals surface area contributed by atoms with Crippen molar-refractivity contribution in [2.24, 2.45) is 29.1 Å². The zero-order valence-corrected chi connectivity index (χ0v) is 14.9. The summed E-state index contributed by atoms with van der Waals surface area (Å²) >= 11 is 0. The zero-order chi connectivity index (χ0) is 18.4. The highest BCUT2D eigenvalue weighted by atomic mass is 16.7. The fraction of sp³-hybridized carbons (Fsp3) is 0.812. The van der Waals surface area contributed by atoms with Crippen LogP contribution in [0.5, 0.6) is 0 Å². The summed E-state index contributed by atoms with van der Waals surface area (Å²) in [7, 11) is 1.51. The molecule has 0 saturated carbocycles. The number of hydrogen-bond acceptors (Lipinski definition) is 6. The van der Waals surface area contributed by atoms with E-state index in [0.29, 0.717) is 6.42 Å². The maximum absolute atomic E-state index is 12.6. The van der Waals surface area contributed by atoms with Crippen LogP contribution in [0.2, 0.25) is 0 Å². The monoisotopic (exact) mass is 330 g/mol. The van der Waals surface area contributed by atoms with Gasteiger partial charge in [0.1, 0.15) is 5.78 Å². The standard InChI is InChI=1S/C16H30N2O5/c1-9(2)7-10(13(20)15(22)23-17)12(19)8-11(14(21)18-6)16(3,4)5/h9-11,13,20H,7-8,17H2,1-6H3,(H,18,21)/t10-,11+,13-/m0/s1. The molecule has 0 aliphatic rings. The van der Waals surface area contributed by atoms with E-state index in [2.05, 4.69) is 10.2 Å². The third-order valence-corrected chi connectivity index (χ3v) is 3.89. The molecule has 0 bridgehead atoms. The average Bonchev–Trinajstić information content (AvgIpc) is 2.46. The number of aliphatic hydroxyl groups excluding tert-OH is 1. The van der Waals surface area contributed by atoms with E-state index in [1.165, 1.54) is 7.05 Å². The van der Waals surface area contributed by atoms with Gasteiger partial charge >= 0.3 is 5.97 Å². The summed E-state index contributed by atoms with van der Waals surface area (Å²) in [6.07, 6.45) is -1.38. The third kappa shape index (κ3) is 6.66. The van der Waals surface area contributed by atoms with Gasteiger partial charge in [-0.2, -0.15) is 5.90 Å². The fourth-order valence-corrected chi connectivity index (χ4v) is 2.50. The molecule has 134 valence electrons. The molecule has 0 aromatic carbocycles. The van der Waals surface area contributed by atoms with Crippen LogP contribution in [0.3, 0.4) is 0 Å². The van der Waals surface area contributed by atoms with Gasteiger partial charge in [0.15, 0.2) is 6.10 Å². The molecule has 0 aromatic heterocycles. The second kappa shape index (κ2) is 8.98. The predicted octanol–water partition coefficient (Wildman–Crippen LogP) is 0.794. The summed E-state index contributed by atoms with van der Waals surface area (Å²) < 4.78 is 0. The summed E-state index contributed by atoms with van der Waals surface area (Å²) in [4.78, 5) is 40.2. The summed E-state index contributed by atoms with van der Waals surface area (Å²) in [5.74, 6) is 1.74. The first-order chi connectivity index (χ1) is 10.4. The molecule has 4 N–H and O–H groups in total. The number of carbonyl (C=O) groups is 3. The van der Waals surface area contributed by atoms with Crippen molar-refractivity contribution in [2.75, 3.05) is 7.05 Å². The number of nitrogens with one attached hydrogen (secondary N) is 1. The van der Waals surface area contributed by atoms with Crippen LogP contribution in [0.1, 0.15) is 47.5 Å². The van der Waals surface area contributed by atoms with Crippen molar-refractivity contribution in [1.29, 1.82) is 0 Å². The molecule has 0 rings (SSSR count). The lowest BCUT2D eigenvalue weighted by molar-refractivity contribution is -0.160. The molecule has 0 aliphatic carbocycles. The Labute approximate surface area is 137 Å². The van der Waals surface area contributed by atoms with Gasteiger partial charge in [0.05, 0.1) is 5.92 Å². The molecule has 0 heterocycles. The lowest BCUT2D eigenvalue weighted by atomic mass is 9.74. The average molecular weight is 330 g/mol. The maximum atomic E-state index is 12.6. The van der Waals surface area contributed by atoms with Gasteiger partial charge in [0, 0.05) is 19.4 Å². The number of nitrogens with two attached hydrogens (primary N) is 1. The molecule has 0 aliphatic heterocycles. The Morgan fingerprint density at radius 2 is 1.74 bits per heavy atom. The largest absolute Gasteiger partial charge is 0.381 e. The van der Waals surface area contributed by atoms with Crippen molar-refractivity contribution in [3.8, 4) is 0 Å². The molecule has 7 heteroatoms. The molecule has 0 saturated heterocycles. The van der Waals surface area contributed by atoms with E-state index in [0.717, 1.165) is 0 Å². The number of carbonyl (C=O) groups excluding carboxylic acids is 3. The first-order valence-corrected chi connectivity index (χ1v) is 7.78. The molecular formula is C16H30N2O5. The minimum absolute atomic E-state index is 0.0600. The van der Waals surface area contributed by atoms with E-state index in [4.69, 9.17) is 5.90 Å². The second-order valence-corrected chi connectivity index (χ2v) is 7.32. The van der Waals surface area contributed by atoms with Crippen LogP contribution in [-0.2, 0) is 19.2 Å². The van der Waals surface area contributed by atoms with Gasteiger partial charge in [0.25, 0.3) is 0 Å². The van der Waals surface area contributed by atoms with Crippen LogP contribution >= 0.6 is 0 Å². The highest BCUT2D eigenvalue weighted by molar-refractivity contribution is 5.91. The SMILES string of the molecule is CNC(=O)[C@@H](CC(=O)[C@H](CC(C)C)[C@H](O)C(=O)ON)C(C)(C)C. The number of Topliss-reactive ketones (excluding diaryl/α,β-unsaturated/α-hetero) is 1.